The molecular weight excluding hydrogens is 284 g/mol. The van der Waals surface area contributed by atoms with Gasteiger partial charge in [0.05, 0.1) is 4.90 Å². The molecule has 4 aliphatic rings. The Morgan fingerprint density at radius 2 is 1.43 bits per heavy atom. The molecule has 4 aliphatic carbocycles. The van der Waals surface area contributed by atoms with Gasteiger partial charge < -0.3 is 5.32 Å². The van der Waals surface area contributed by atoms with Gasteiger partial charge in [-0.3, -0.25) is 0 Å². The van der Waals surface area contributed by atoms with Crippen LogP contribution in [0.25, 0.3) is 0 Å². The summed E-state index contributed by atoms with van der Waals surface area (Å²) in [5.41, 5.74) is 1.01. The summed E-state index contributed by atoms with van der Waals surface area (Å²) in [5.74, 6) is 3.55. The number of hydrogen-bond acceptors (Lipinski definition) is 3. The number of rotatable bonds is 3. The molecule has 21 heavy (non-hydrogen) atoms. The first-order chi connectivity index (χ1) is 9.99. The predicted octanol–water partition coefficient (Wildman–Crippen LogP) is 2.57. The van der Waals surface area contributed by atoms with Crippen molar-refractivity contribution in [1.82, 2.24) is 0 Å². The molecule has 4 nitrogen and oxygen atoms in total. The van der Waals surface area contributed by atoms with Gasteiger partial charge in [-0.2, -0.15) is 0 Å². The van der Waals surface area contributed by atoms with E-state index in [4.69, 9.17) is 5.14 Å². The molecule has 0 unspecified atom stereocenters. The summed E-state index contributed by atoms with van der Waals surface area (Å²) in [7, 11) is -3.60. The van der Waals surface area contributed by atoms with Crippen LogP contribution in [0, 0.1) is 23.7 Å². The normalized spacial score (nSPS) is 37.7. The van der Waals surface area contributed by atoms with Crippen molar-refractivity contribution in [1.29, 1.82) is 0 Å². The van der Waals surface area contributed by atoms with E-state index in [1.807, 2.05) is 12.1 Å². The van der Waals surface area contributed by atoms with Crippen LogP contribution in [0.3, 0.4) is 0 Å². The highest BCUT2D eigenvalue weighted by molar-refractivity contribution is 7.89. The minimum atomic E-state index is -3.60. The summed E-state index contributed by atoms with van der Waals surface area (Å²) in [6, 6.07) is 7.43. The topological polar surface area (TPSA) is 72.2 Å². The van der Waals surface area contributed by atoms with Crippen molar-refractivity contribution < 1.29 is 8.42 Å². The van der Waals surface area contributed by atoms with E-state index >= 15 is 0 Å². The lowest BCUT2D eigenvalue weighted by Crippen LogP contribution is -2.51. The molecule has 3 N–H and O–H groups in total. The molecule has 0 aromatic heterocycles. The Kier molecular flexibility index (Phi) is 3.05. The third-order valence-corrected chi connectivity index (χ3v) is 6.67. The molecule has 1 aromatic rings. The molecule has 0 saturated heterocycles. The van der Waals surface area contributed by atoms with Crippen LogP contribution in [0.4, 0.5) is 5.69 Å². The fourth-order valence-electron chi connectivity index (χ4n) is 5.09. The van der Waals surface area contributed by atoms with Crippen LogP contribution < -0.4 is 10.5 Å². The van der Waals surface area contributed by atoms with Gasteiger partial charge in [-0.05, 0) is 80.0 Å². The van der Waals surface area contributed by atoms with E-state index in [-0.39, 0.29) is 4.90 Å². The lowest BCUT2D eigenvalue weighted by atomic mass is 9.54. The number of anilines is 1. The van der Waals surface area contributed by atoms with Crippen molar-refractivity contribution in [3.05, 3.63) is 24.3 Å². The summed E-state index contributed by atoms with van der Waals surface area (Å²) < 4.78 is 22.6. The van der Waals surface area contributed by atoms with Crippen LogP contribution in [-0.4, -0.2) is 14.5 Å². The van der Waals surface area contributed by atoms with Gasteiger partial charge in [0.15, 0.2) is 0 Å². The standard InChI is InChI=1S/C16H22N2O2S/c17-21(19,20)15-3-1-14(2-4-15)18-16-12-6-10-5-11(8-12)9-13(16)7-10/h1-4,10-13,16,18H,5-9H2,(H2,17,19,20). The van der Waals surface area contributed by atoms with Gasteiger partial charge in [0.25, 0.3) is 0 Å². The zero-order chi connectivity index (χ0) is 14.6. The summed E-state index contributed by atoms with van der Waals surface area (Å²) in [4.78, 5) is 0.179. The Morgan fingerprint density at radius 3 is 1.90 bits per heavy atom. The molecule has 0 amide bonds. The van der Waals surface area contributed by atoms with Gasteiger partial charge in [0.2, 0.25) is 10.0 Å². The highest BCUT2D eigenvalue weighted by atomic mass is 32.2. The smallest absolute Gasteiger partial charge is 0.238 e. The zero-order valence-electron chi connectivity index (χ0n) is 12.0. The highest BCUT2D eigenvalue weighted by Crippen LogP contribution is 2.54. The van der Waals surface area contributed by atoms with Gasteiger partial charge >= 0.3 is 0 Å². The van der Waals surface area contributed by atoms with Crippen LogP contribution in [0.1, 0.15) is 32.1 Å². The largest absolute Gasteiger partial charge is 0.382 e. The van der Waals surface area contributed by atoms with Crippen LogP contribution in [-0.2, 0) is 10.0 Å². The summed E-state index contributed by atoms with van der Waals surface area (Å²) in [6.07, 6.45) is 6.96. The monoisotopic (exact) mass is 306 g/mol. The molecule has 0 radical (unpaired) electrons. The quantitative estimate of drug-likeness (QED) is 0.901. The van der Waals surface area contributed by atoms with Crippen molar-refractivity contribution in [3.8, 4) is 0 Å². The first kappa shape index (κ1) is 13.6. The van der Waals surface area contributed by atoms with Gasteiger partial charge in [-0.25, -0.2) is 13.6 Å². The van der Waals surface area contributed by atoms with Gasteiger partial charge in [0.1, 0.15) is 0 Å². The average molecular weight is 306 g/mol. The molecule has 4 saturated carbocycles. The maximum Gasteiger partial charge on any atom is 0.238 e. The van der Waals surface area contributed by atoms with Gasteiger partial charge in [0, 0.05) is 11.7 Å². The second-order valence-corrected chi connectivity index (χ2v) is 8.73. The van der Waals surface area contributed by atoms with E-state index in [1.165, 1.54) is 32.1 Å². The van der Waals surface area contributed by atoms with E-state index in [9.17, 15) is 8.42 Å². The SMILES string of the molecule is NS(=O)(=O)c1ccc(NC2C3CC4CC(C3)CC2C4)cc1. The third kappa shape index (κ3) is 2.46. The van der Waals surface area contributed by atoms with Gasteiger partial charge in [-0.15, -0.1) is 0 Å². The highest BCUT2D eigenvalue weighted by Gasteiger charge is 2.48. The van der Waals surface area contributed by atoms with E-state index < -0.39 is 10.0 Å². The Bertz CT molecular complexity index is 611. The number of benzene rings is 1. The third-order valence-electron chi connectivity index (χ3n) is 5.74. The second kappa shape index (κ2) is 4.71. The fourth-order valence-corrected chi connectivity index (χ4v) is 5.61. The Morgan fingerprint density at radius 1 is 0.905 bits per heavy atom. The maximum atomic E-state index is 11.3. The molecule has 0 spiro atoms. The molecule has 114 valence electrons. The predicted molar refractivity (Wildman–Crippen MR) is 82.3 cm³/mol. The molecule has 5 rings (SSSR count). The minimum absolute atomic E-state index is 0.179. The number of nitrogens with one attached hydrogen (secondary N) is 1. The first-order valence-electron chi connectivity index (χ1n) is 7.88. The lowest BCUT2D eigenvalue weighted by Gasteiger charge is -2.54. The minimum Gasteiger partial charge on any atom is -0.382 e. The van der Waals surface area contributed by atoms with Crippen LogP contribution >= 0.6 is 0 Å². The van der Waals surface area contributed by atoms with E-state index in [0.717, 1.165) is 29.4 Å². The molecule has 4 bridgehead atoms. The molecule has 0 aliphatic heterocycles. The summed E-state index contributed by atoms with van der Waals surface area (Å²) in [6.45, 7) is 0. The summed E-state index contributed by atoms with van der Waals surface area (Å²) in [5, 5.41) is 8.80. The number of hydrogen-bond donors (Lipinski definition) is 2. The van der Waals surface area contributed by atoms with Crippen molar-refractivity contribution >= 4 is 15.7 Å². The molecule has 5 heteroatoms. The molecular formula is C16H22N2O2S. The number of nitrogens with two attached hydrogens (primary N) is 1. The van der Waals surface area contributed by atoms with Crippen LogP contribution in [0.2, 0.25) is 0 Å². The number of sulfonamides is 1. The van der Waals surface area contributed by atoms with E-state index in [2.05, 4.69) is 5.32 Å². The first-order valence-corrected chi connectivity index (χ1v) is 9.43. The van der Waals surface area contributed by atoms with Crippen LogP contribution in [0.5, 0.6) is 0 Å². The van der Waals surface area contributed by atoms with Crippen molar-refractivity contribution in [3.63, 3.8) is 0 Å². The van der Waals surface area contributed by atoms with E-state index in [0.29, 0.717) is 6.04 Å². The van der Waals surface area contributed by atoms with Crippen molar-refractivity contribution in [2.45, 2.75) is 43.0 Å². The number of primary sulfonamides is 1. The second-order valence-electron chi connectivity index (χ2n) is 7.17. The van der Waals surface area contributed by atoms with Crippen molar-refractivity contribution in [2.75, 3.05) is 5.32 Å². The van der Waals surface area contributed by atoms with Gasteiger partial charge in [-0.1, -0.05) is 0 Å². The lowest BCUT2D eigenvalue weighted by molar-refractivity contribution is 0.00754. The average Bonchev–Trinajstić information content (AvgIpc) is 2.41. The zero-order valence-corrected chi connectivity index (χ0v) is 12.9. The van der Waals surface area contributed by atoms with E-state index in [1.54, 1.807) is 12.1 Å². The maximum absolute atomic E-state index is 11.3. The Labute approximate surface area is 126 Å². The Hall–Kier alpha value is -1.07. The molecule has 1 aromatic carbocycles. The molecule has 0 heterocycles. The van der Waals surface area contributed by atoms with Crippen LogP contribution in [0.15, 0.2) is 29.2 Å². The van der Waals surface area contributed by atoms with Crippen molar-refractivity contribution in [2.24, 2.45) is 28.8 Å². The Balaban J connectivity index is 1.51. The summed E-state index contributed by atoms with van der Waals surface area (Å²) >= 11 is 0. The molecule has 4 fully saturated rings. The fraction of sp³-hybridized carbons (Fsp3) is 0.625. The molecule has 0 atom stereocenters.